The lowest BCUT2D eigenvalue weighted by Crippen LogP contribution is -2.54. The summed E-state index contributed by atoms with van der Waals surface area (Å²) in [4.78, 5) is 38.4. The number of amides is 4. The molecule has 1 N–H and O–H groups in total. The number of rotatable bonds is 6. The molecule has 2 aromatic rings. The van der Waals surface area contributed by atoms with Crippen molar-refractivity contribution in [2.75, 3.05) is 12.0 Å². The highest BCUT2D eigenvalue weighted by Crippen LogP contribution is 2.29. The first kappa shape index (κ1) is 21.4. The Bertz CT molecular complexity index is 1020. The van der Waals surface area contributed by atoms with Gasteiger partial charge in [0.2, 0.25) is 0 Å². The third kappa shape index (κ3) is 4.46. The van der Waals surface area contributed by atoms with Crippen LogP contribution in [0.3, 0.4) is 0 Å². The predicted octanol–water partition coefficient (Wildman–Crippen LogP) is 4.19. The zero-order valence-electron chi connectivity index (χ0n) is 16.8. The molecule has 3 rings (SSSR count). The molecule has 0 aliphatic carbocycles. The van der Waals surface area contributed by atoms with Gasteiger partial charge in [-0.15, -0.1) is 0 Å². The Morgan fingerprint density at radius 2 is 1.83 bits per heavy atom. The van der Waals surface area contributed by atoms with E-state index in [4.69, 9.17) is 21.1 Å². The average molecular weight is 429 g/mol. The molecule has 30 heavy (non-hydrogen) atoms. The maximum Gasteiger partial charge on any atom is 0.335 e. The van der Waals surface area contributed by atoms with E-state index in [2.05, 4.69) is 5.32 Å². The highest BCUT2D eigenvalue weighted by molar-refractivity contribution is 6.39. The summed E-state index contributed by atoms with van der Waals surface area (Å²) in [5.41, 5.74) is 0.656. The number of anilines is 1. The summed E-state index contributed by atoms with van der Waals surface area (Å²) >= 11 is 6.28. The highest BCUT2D eigenvalue weighted by atomic mass is 35.5. The molecule has 0 bridgehead atoms. The number of benzene rings is 2. The van der Waals surface area contributed by atoms with Crippen LogP contribution in [0.15, 0.2) is 48.0 Å². The molecule has 156 valence electrons. The molecule has 1 aliphatic rings. The molecule has 1 heterocycles. The minimum atomic E-state index is -0.817. The number of nitrogens with one attached hydrogen (secondary N) is 1. The van der Waals surface area contributed by atoms with Gasteiger partial charge < -0.3 is 9.47 Å². The summed E-state index contributed by atoms with van der Waals surface area (Å²) in [6, 6.07) is 10.5. The zero-order valence-corrected chi connectivity index (χ0v) is 17.5. The van der Waals surface area contributed by atoms with Gasteiger partial charge in [-0.1, -0.05) is 24.6 Å². The third-order valence-corrected chi connectivity index (χ3v) is 4.90. The molecular weight excluding hydrogens is 408 g/mol. The SMILES string of the molecule is CC[C@H](C)Oc1ccc(/C=C2\C(=O)NC(=O)N(c3ccc(OC)cc3)C2=O)cc1Cl. The molecule has 1 saturated heterocycles. The van der Waals surface area contributed by atoms with Crippen LogP contribution in [0, 0.1) is 0 Å². The number of hydrogen-bond donors (Lipinski definition) is 1. The molecule has 0 unspecified atom stereocenters. The molecule has 1 fully saturated rings. The summed E-state index contributed by atoms with van der Waals surface area (Å²) in [6.45, 7) is 3.93. The first-order valence-electron chi connectivity index (χ1n) is 9.35. The number of imide groups is 2. The van der Waals surface area contributed by atoms with Gasteiger partial charge in [-0.25, -0.2) is 9.69 Å². The Labute approximate surface area is 179 Å². The van der Waals surface area contributed by atoms with Gasteiger partial charge in [-0.2, -0.15) is 0 Å². The molecular formula is C22H21ClN2O5. The van der Waals surface area contributed by atoms with Gasteiger partial charge in [0.15, 0.2) is 0 Å². The van der Waals surface area contributed by atoms with E-state index in [0.29, 0.717) is 27.8 Å². The number of carbonyl (C=O) groups is 3. The third-order valence-electron chi connectivity index (χ3n) is 4.60. The molecule has 1 atom stereocenters. The van der Waals surface area contributed by atoms with Crippen LogP contribution >= 0.6 is 11.6 Å². The van der Waals surface area contributed by atoms with Crippen molar-refractivity contribution in [1.29, 1.82) is 0 Å². The second-order valence-electron chi connectivity index (χ2n) is 6.68. The van der Waals surface area contributed by atoms with E-state index in [-0.39, 0.29) is 11.7 Å². The van der Waals surface area contributed by atoms with Gasteiger partial charge in [0.25, 0.3) is 11.8 Å². The Hall–Kier alpha value is -3.32. The van der Waals surface area contributed by atoms with Gasteiger partial charge in [0, 0.05) is 0 Å². The lowest BCUT2D eigenvalue weighted by atomic mass is 10.1. The van der Waals surface area contributed by atoms with Gasteiger partial charge >= 0.3 is 6.03 Å². The van der Waals surface area contributed by atoms with Crippen molar-refractivity contribution in [3.8, 4) is 11.5 Å². The fourth-order valence-corrected chi connectivity index (χ4v) is 3.03. The second-order valence-corrected chi connectivity index (χ2v) is 7.09. The zero-order chi connectivity index (χ0) is 21.8. The quantitative estimate of drug-likeness (QED) is 0.550. The van der Waals surface area contributed by atoms with Crippen molar-refractivity contribution in [3.63, 3.8) is 0 Å². The summed E-state index contributed by atoms with van der Waals surface area (Å²) in [5, 5.41) is 2.54. The maximum absolute atomic E-state index is 12.9. The van der Waals surface area contributed by atoms with Crippen molar-refractivity contribution in [3.05, 3.63) is 58.6 Å². The molecule has 7 nitrogen and oxygen atoms in total. The van der Waals surface area contributed by atoms with Crippen LogP contribution < -0.4 is 19.7 Å². The Kier molecular flexibility index (Phi) is 6.42. The van der Waals surface area contributed by atoms with Crippen LogP contribution in [0.25, 0.3) is 6.08 Å². The highest BCUT2D eigenvalue weighted by Gasteiger charge is 2.36. The van der Waals surface area contributed by atoms with Crippen molar-refractivity contribution < 1.29 is 23.9 Å². The number of ether oxygens (including phenoxy) is 2. The van der Waals surface area contributed by atoms with Crippen LogP contribution in [0.2, 0.25) is 5.02 Å². The smallest absolute Gasteiger partial charge is 0.335 e. The van der Waals surface area contributed by atoms with E-state index in [9.17, 15) is 14.4 Å². The molecule has 1 aliphatic heterocycles. The first-order chi connectivity index (χ1) is 14.3. The summed E-state index contributed by atoms with van der Waals surface area (Å²) < 4.78 is 10.8. The average Bonchev–Trinajstić information content (AvgIpc) is 2.73. The van der Waals surface area contributed by atoms with E-state index in [1.54, 1.807) is 42.5 Å². The van der Waals surface area contributed by atoms with Crippen LogP contribution in [0.4, 0.5) is 10.5 Å². The van der Waals surface area contributed by atoms with Crippen LogP contribution in [0.1, 0.15) is 25.8 Å². The number of nitrogens with zero attached hydrogens (tertiary/aromatic N) is 1. The Morgan fingerprint density at radius 3 is 2.43 bits per heavy atom. The predicted molar refractivity (Wildman–Crippen MR) is 114 cm³/mol. The van der Waals surface area contributed by atoms with Crippen molar-refractivity contribution in [1.82, 2.24) is 5.32 Å². The van der Waals surface area contributed by atoms with Gasteiger partial charge in [-0.05, 0) is 61.4 Å². The van der Waals surface area contributed by atoms with Crippen LogP contribution in [0.5, 0.6) is 11.5 Å². The van der Waals surface area contributed by atoms with Crippen LogP contribution in [-0.2, 0) is 9.59 Å². The minimum absolute atomic E-state index is 0.00136. The summed E-state index contributed by atoms with van der Waals surface area (Å²) in [5.74, 6) is -0.414. The number of hydrogen-bond acceptors (Lipinski definition) is 5. The fraction of sp³-hybridized carbons (Fsp3) is 0.227. The van der Waals surface area contributed by atoms with Crippen molar-refractivity contribution in [2.24, 2.45) is 0 Å². The standard InChI is InChI=1S/C22H21ClN2O5/c1-4-13(2)30-19-10-5-14(12-18(19)23)11-17-20(26)24-22(28)25(21(17)27)15-6-8-16(29-3)9-7-15/h5-13H,4H2,1-3H3,(H,24,26,28)/b17-11+/t13-/m0/s1. The largest absolute Gasteiger partial charge is 0.497 e. The number of halogens is 1. The molecule has 0 spiro atoms. The van der Waals surface area contributed by atoms with Crippen molar-refractivity contribution in [2.45, 2.75) is 26.4 Å². The second kappa shape index (κ2) is 9.00. The Balaban J connectivity index is 1.91. The van der Waals surface area contributed by atoms with E-state index in [1.807, 2.05) is 13.8 Å². The summed E-state index contributed by atoms with van der Waals surface area (Å²) in [6.07, 6.45) is 2.22. The monoisotopic (exact) mass is 428 g/mol. The Morgan fingerprint density at radius 1 is 1.13 bits per heavy atom. The van der Waals surface area contributed by atoms with Gasteiger partial charge in [0.05, 0.1) is 23.9 Å². The van der Waals surface area contributed by atoms with E-state index < -0.39 is 17.8 Å². The topological polar surface area (TPSA) is 84.9 Å². The molecule has 8 heteroatoms. The van der Waals surface area contributed by atoms with E-state index in [1.165, 1.54) is 13.2 Å². The molecule has 0 saturated carbocycles. The van der Waals surface area contributed by atoms with Crippen molar-refractivity contribution >= 4 is 41.2 Å². The van der Waals surface area contributed by atoms with Gasteiger partial charge in [-0.3, -0.25) is 14.9 Å². The molecule has 2 aromatic carbocycles. The molecule has 4 amide bonds. The number of methoxy groups -OCH3 is 1. The first-order valence-corrected chi connectivity index (χ1v) is 9.73. The maximum atomic E-state index is 12.9. The normalized spacial score (nSPS) is 16.5. The number of urea groups is 1. The van der Waals surface area contributed by atoms with Crippen LogP contribution in [-0.4, -0.2) is 31.1 Å². The lowest BCUT2D eigenvalue weighted by molar-refractivity contribution is -0.122. The number of barbiturate groups is 1. The summed E-state index contributed by atoms with van der Waals surface area (Å²) in [7, 11) is 1.51. The number of carbonyl (C=O) groups excluding carboxylic acids is 3. The lowest BCUT2D eigenvalue weighted by Gasteiger charge is -2.26. The minimum Gasteiger partial charge on any atom is -0.497 e. The van der Waals surface area contributed by atoms with E-state index >= 15 is 0 Å². The fourth-order valence-electron chi connectivity index (χ4n) is 2.79. The van der Waals surface area contributed by atoms with E-state index in [0.717, 1.165) is 11.3 Å². The van der Waals surface area contributed by atoms with Gasteiger partial charge in [0.1, 0.15) is 17.1 Å². The molecule has 0 aromatic heterocycles. The molecule has 0 radical (unpaired) electrons.